The van der Waals surface area contributed by atoms with Crippen LogP contribution in [0.2, 0.25) is 0 Å². The summed E-state index contributed by atoms with van der Waals surface area (Å²) in [4.78, 5) is 0. The minimum absolute atomic E-state index is 0.0642. The van der Waals surface area contributed by atoms with E-state index in [2.05, 4.69) is 22.0 Å². The summed E-state index contributed by atoms with van der Waals surface area (Å²) in [6.45, 7) is 1.55. The van der Waals surface area contributed by atoms with Crippen molar-refractivity contribution < 1.29 is 9.47 Å². The Morgan fingerprint density at radius 3 is 2.82 bits per heavy atom. The molecule has 1 saturated heterocycles. The number of rotatable bonds is 0. The molecule has 17 heavy (non-hydrogen) atoms. The molecule has 1 atom stereocenters. The SMILES string of the molecule is N[C@H]1CC2(CCOCC2)Oc2ccc(Br)cc21. The molecular formula is C13H16BrNO2. The highest BCUT2D eigenvalue weighted by atomic mass is 79.9. The molecule has 1 aromatic carbocycles. The van der Waals surface area contributed by atoms with Gasteiger partial charge in [-0.1, -0.05) is 15.9 Å². The second kappa shape index (κ2) is 4.26. The fraction of sp³-hybridized carbons (Fsp3) is 0.538. The standard InChI is InChI=1S/C13H16BrNO2/c14-9-1-2-12-10(7-9)11(15)8-13(17-12)3-5-16-6-4-13/h1-2,7,11H,3-6,8,15H2/t11-/m0/s1. The quantitative estimate of drug-likeness (QED) is 0.801. The summed E-state index contributed by atoms with van der Waals surface area (Å²) in [6.07, 6.45) is 2.77. The molecule has 1 spiro atoms. The molecule has 3 nitrogen and oxygen atoms in total. The van der Waals surface area contributed by atoms with Crippen LogP contribution in [0, 0.1) is 0 Å². The molecule has 1 aromatic rings. The molecule has 4 heteroatoms. The predicted octanol–water partition coefficient (Wildman–Crippen LogP) is 2.78. The van der Waals surface area contributed by atoms with Gasteiger partial charge in [-0.05, 0) is 18.2 Å². The van der Waals surface area contributed by atoms with Gasteiger partial charge < -0.3 is 15.2 Å². The molecule has 2 aliphatic heterocycles. The molecule has 0 bridgehead atoms. The second-order valence-corrected chi connectivity index (χ2v) is 5.81. The fourth-order valence-electron chi connectivity index (χ4n) is 2.74. The van der Waals surface area contributed by atoms with Crippen LogP contribution >= 0.6 is 15.9 Å². The van der Waals surface area contributed by atoms with Crippen molar-refractivity contribution in [2.24, 2.45) is 5.73 Å². The Bertz CT molecular complexity index is 429. The van der Waals surface area contributed by atoms with Crippen LogP contribution in [0.3, 0.4) is 0 Å². The van der Waals surface area contributed by atoms with E-state index in [1.54, 1.807) is 0 Å². The van der Waals surface area contributed by atoms with Crippen LogP contribution in [0.15, 0.2) is 22.7 Å². The van der Waals surface area contributed by atoms with Crippen molar-refractivity contribution in [2.75, 3.05) is 13.2 Å². The van der Waals surface area contributed by atoms with Crippen molar-refractivity contribution in [3.05, 3.63) is 28.2 Å². The minimum Gasteiger partial charge on any atom is -0.487 e. The van der Waals surface area contributed by atoms with Crippen LogP contribution in [-0.4, -0.2) is 18.8 Å². The minimum atomic E-state index is -0.0987. The normalized spacial score (nSPS) is 26.4. The molecule has 0 saturated carbocycles. The zero-order valence-electron chi connectivity index (χ0n) is 9.62. The maximum Gasteiger partial charge on any atom is 0.124 e. The van der Waals surface area contributed by atoms with Crippen molar-refractivity contribution >= 4 is 15.9 Å². The number of hydrogen-bond acceptors (Lipinski definition) is 3. The Morgan fingerprint density at radius 2 is 2.06 bits per heavy atom. The summed E-state index contributed by atoms with van der Waals surface area (Å²) in [5.74, 6) is 0.939. The summed E-state index contributed by atoms with van der Waals surface area (Å²) < 4.78 is 12.7. The summed E-state index contributed by atoms with van der Waals surface area (Å²) in [5.41, 5.74) is 7.29. The van der Waals surface area contributed by atoms with E-state index in [1.165, 1.54) is 0 Å². The van der Waals surface area contributed by atoms with Crippen LogP contribution in [0.4, 0.5) is 0 Å². The van der Waals surface area contributed by atoms with Crippen molar-refractivity contribution in [3.63, 3.8) is 0 Å². The van der Waals surface area contributed by atoms with Gasteiger partial charge in [-0.3, -0.25) is 0 Å². The first-order valence-electron chi connectivity index (χ1n) is 6.00. The number of halogens is 1. The first-order chi connectivity index (χ1) is 8.19. The highest BCUT2D eigenvalue weighted by Crippen LogP contribution is 2.43. The third kappa shape index (κ3) is 2.09. The largest absolute Gasteiger partial charge is 0.487 e. The highest BCUT2D eigenvalue weighted by molar-refractivity contribution is 9.10. The van der Waals surface area contributed by atoms with Crippen molar-refractivity contribution in [2.45, 2.75) is 30.9 Å². The van der Waals surface area contributed by atoms with Crippen LogP contribution in [-0.2, 0) is 4.74 Å². The Morgan fingerprint density at radius 1 is 1.29 bits per heavy atom. The smallest absolute Gasteiger partial charge is 0.124 e. The van der Waals surface area contributed by atoms with Crippen LogP contribution in [0.5, 0.6) is 5.75 Å². The molecule has 3 rings (SSSR count). The number of hydrogen-bond donors (Lipinski definition) is 1. The topological polar surface area (TPSA) is 44.5 Å². The lowest BCUT2D eigenvalue weighted by molar-refractivity contribution is -0.0621. The molecule has 2 aliphatic rings. The van der Waals surface area contributed by atoms with Gasteiger partial charge in [0.2, 0.25) is 0 Å². The van der Waals surface area contributed by atoms with E-state index in [0.717, 1.165) is 48.3 Å². The molecule has 0 amide bonds. The van der Waals surface area contributed by atoms with Gasteiger partial charge in [-0.15, -0.1) is 0 Å². The third-order valence-electron chi connectivity index (χ3n) is 3.69. The average Bonchev–Trinajstić information content (AvgIpc) is 2.31. The first-order valence-corrected chi connectivity index (χ1v) is 6.80. The van der Waals surface area contributed by atoms with E-state index in [0.29, 0.717) is 0 Å². The van der Waals surface area contributed by atoms with Gasteiger partial charge in [-0.2, -0.15) is 0 Å². The molecule has 0 aromatic heterocycles. The van der Waals surface area contributed by atoms with Gasteiger partial charge in [-0.25, -0.2) is 0 Å². The van der Waals surface area contributed by atoms with Gasteiger partial charge >= 0.3 is 0 Å². The Hall–Kier alpha value is -0.580. The van der Waals surface area contributed by atoms with E-state index >= 15 is 0 Å². The number of benzene rings is 1. The molecule has 0 unspecified atom stereocenters. The number of nitrogens with two attached hydrogens (primary N) is 1. The van der Waals surface area contributed by atoms with Crippen LogP contribution in [0.25, 0.3) is 0 Å². The van der Waals surface area contributed by atoms with Crippen LogP contribution < -0.4 is 10.5 Å². The van der Waals surface area contributed by atoms with E-state index in [9.17, 15) is 0 Å². The molecular weight excluding hydrogens is 282 g/mol. The zero-order valence-corrected chi connectivity index (χ0v) is 11.2. The monoisotopic (exact) mass is 297 g/mol. The Balaban J connectivity index is 1.94. The van der Waals surface area contributed by atoms with Crippen molar-refractivity contribution in [3.8, 4) is 5.75 Å². The second-order valence-electron chi connectivity index (χ2n) is 4.89. The Kier molecular flexibility index (Phi) is 2.89. The molecule has 92 valence electrons. The highest BCUT2D eigenvalue weighted by Gasteiger charge is 2.41. The maximum absolute atomic E-state index is 6.28. The van der Waals surface area contributed by atoms with Gasteiger partial charge in [0.05, 0.1) is 13.2 Å². The lowest BCUT2D eigenvalue weighted by atomic mass is 9.82. The first kappa shape index (κ1) is 11.5. The number of fused-ring (bicyclic) bond motifs is 1. The van der Waals surface area contributed by atoms with E-state index < -0.39 is 0 Å². The van der Waals surface area contributed by atoms with E-state index in [4.69, 9.17) is 15.2 Å². The van der Waals surface area contributed by atoms with Crippen LogP contribution in [0.1, 0.15) is 30.9 Å². The summed E-state index contributed by atoms with van der Waals surface area (Å²) >= 11 is 3.47. The predicted molar refractivity (Wildman–Crippen MR) is 69.1 cm³/mol. The zero-order chi connectivity index (χ0) is 11.9. The lowest BCUT2D eigenvalue weighted by Crippen LogP contribution is -2.47. The molecule has 2 heterocycles. The van der Waals surface area contributed by atoms with Crippen molar-refractivity contribution in [1.82, 2.24) is 0 Å². The molecule has 0 aliphatic carbocycles. The van der Waals surface area contributed by atoms with E-state index in [1.807, 2.05) is 12.1 Å². The molecule has 1 fully saturated rings. The van der Waals surface area contributed by atoms with Gasteiger partial charge in [0, 0.05) is 35.3 Å². The fourth-order valence-corrected chi connectivity index (χ4v) is 3.12. The lowest BCUT2D eigenvalue weighted by Gasteiger charge is -2.43. The van der Waals surface area contributed by atoms with Gasteiger partial charge in [0.25, 0.3) is 0 Å². The summed E-state index contributed by atoms with van der Waals surface area (Å²) in [5, 5.41) is 0. The molecule has 2 N–H and O–H groups in total. The average molecular weight is 298 g/mol. The third-order valence-corrected chi connectivity index (χ3v) is 4.19. The Labute approximate surface area is 109 Å². The van der Waals surface area contributed by atoms with Gasteiger partial charge in [0.15, 0.2) is 0 Å². The number of ether oxygens (including phenoxy) is 2. The van der Waals surface area contributed by atoms with Gasteiger partial charge in [0.1, 0.15) is 11.4 Å². The van der Waals surface area contributed by atoms with E-state index in [-0.39, 0.29) is 11.6 Å². The van der Waals surface area contributed by atoms with Crippen molar-refractivity contribution in [1.29, 1.82) is 0 Å². The summed E-state index contributed by atoms with van der Waals surface area (Å²) in [6, 6.07) is 6.14. The maximum atomic E-state index is 6.28. The summed E-state index contributed by atoms with van der Waals surface area (Å²) in [7, 11) is 0. The molecule has 0 radical (unpaired) electrons.